The minimum atomic E-state index is -1.61. The van der Waals surface area contributed by atoms with Gasteiger partial charge in [0.25, 0.3) is 5.56 Å². The van der Waals surface area contributed by atoms with E-state index in [-0.39, 0.29) is 0 Å². The lowest BCUT2D eigenvalue weighted by Gasteiger charge is -2.02. The molecule has 0 bridgehead atoms. The van der Waals surface area contributed by atoms with Gasteiger partial charge in [-0.2, -0.15) is 4.39 Å². The number of hydrogen-bond acceptors (Lipinski definition) is 4. The standard InChI is InChI=1S/C6H5FN2O5/c7-3-1-9(2-14-6(12)13)5(11)8-4(3)10/h1H,2H2,(H,12,13)(H,8,10,11). The predicted molar refractivity (Wildman–Crippen MR) is 40.4 cm³/mol. The van der Waals surface area contributed by atoms with Crippen LogP contribution in [-0.4, -0.2) is 20.8 Å². The number of hydrogen-bond donors (Lipinski definition) is 2. The van der Waals surface area contributed by atoms with Crippen LogP contribution in [0.15, 0.2) is 15.8 Å². The molecule has 0 fully saturated rings. The van der Waals surface area contributed by atoms with Gasteiger partial charge in [0.05, 0.1) is 6.20 Å². The molecule has 0 unspecified atom stereocenters. The van der Waals surface area contributed by atoms with Gasteiger partial charge in [-0.25, -0.2) is 9.59 Å². The summed E-state index contributed by atoms with van der Waals surface area (Å²) in [6, 6.07) is 0. The van der Waals surface area contributed by atoms with Crippen LogP contribution in [0.25, 0.3) is 0 Å². The third-order valence-corrected chi connectivity index (χ3v) is 1.29. The van der Waals surface area contributed by atoms with Crippen molar-refractivity contribution < 1.29 is 19.0 Å². The Hall–Kier alpha value is -2.12. The van der Waals surface area contributed by atoms with Crippen LogP contribution in [0.4, 0.5) is 9.18 Å². The minimum Gasteiger partial charge on any atom is -0.450 e. The van der Waals surface area contributed by atoms with Gasteiger partial charge in [0, 0.05) is 0 Å². The molecule has 14 heavy (non-hydrogen) atoms. The lowest BCUT2D eigenvalue weighted by Crippen LogP contribution is -2.32. The fourth-order valence-corrected chi connectivity index (χ4v) is 0.703. The maximum atomic E-state index is 12.6. The highest BCUT2D eigenvalue weighted by Crippen LogP contribution is 1.86. The van der Waals surface area contributed by atoms with E-state index in [0.717, 1.165) is 0 Å². The molecule has 0 aliphatic carbocycles. The first-order chi connectivity index (χ1) is 6.50. The van der Waals surface area contributed by atoms with Gasteiger partial charge in [-0.1, -0.05) is 0 Å². The third-order valence-electron chi connectivity index (χ3n) is 1.29. The Morgan fingerprint density at radius 1 is 1.64 bits per heavy atom. The highest BCUT2D eigenvalue weighted by atomic mass is 19.1. The number of carboxylic acid groups (broad SMARTS) is 1. The number of ether oxygens (including phenoxy) is 1. The third kappa shape index (κ3) is 2.19. The highest BCUT2D eigenvalue weighted by Gasteiger charge is 2.04. The first kappa shape index (κ1) is 9.96. The van der Waals surface area contributed by atoms with Crippen molar-refractivity contribution in [1.82, 2.24) is 9.55 Å². The van der Waals surface area contributed by atoms with Crippen molar-refractivity contribution >= 4 is 6.16 Å². The first-order valence-corrected chi connectivity index (χ1v) is 3.35. The quantitative estimate of drug-likeness (QED) is 0.622. The van der Waals surface area contributed by atoms with Gasteiger partial charge in [-0.3, -0.25) is 14.3 Å². The average molecular weight is 204 g/mol. The van der Waals surface area contributed by atoms with E-state index in [1.54, 1.807) is 4.98 Å². The zero-order valence-electron chi connectivity index (χ0n) is 6.69. The predicted octanol–water partition coefficient (Wildman–Crippen LogP) is -0.672. The molecule has 76 valence electrons. The molecule has 2 N–H and O–H groups in total. The number of aromatic nitrogens is 2. The molecule has 0 atom stereocenters. The second-order valence-corrected chi connectivity index (χ2v) is 2.25. The van der Waals surface area contributed by atoms with Crippen LogP contribution in [0.1, 0.15) is 0 Å². The van der Waals surface area contributed by atoms with Crippen molar-refractivity contribution in [3.63, 3.8) is 0 Å². The van der Waals surface area contributed by atoms with Crippen LogP contribution in [-0.2, 0) is 11.5 Å². The number of carbonyl (C=O) groups is 1. The topological polar surface area (TPSA) is 101 Å². The molecule has 0 saturated heterocycles. The van der Waals surface area contributed by atoms with Crippen LogP contribution < -0.4 is 11.2 Å². The first-order valence-electron chi connectivity index (χ1n) is 3.35. The number of aromatic amines is 1. The van der Waals surface area contributed by atoms with E-state index in [2.05, 4.69) is 4.74 Å². The van der Waals surface area contributed by atoms with Crippen LogP contribution in [0.2, 0.25) is 0 Å². The Morgan fingerprint density at radius 3 is 2.86 bits per heavy atom. The average Bonchev–Trinajstić information content (AvgIpc) is 2.09. The van der Waals surface area contributed by atoms with Crippen molar-refractivity contribution in [3.05, 3.63) is 32.9 Å². The molecule has 0 saturated carbocycles. The summed E-state index contributed by atoms with van der Waals surface area (Å²) in [6.45, 7) is -0.679. The Kier molecular flexibility index (Phi) is 2.65. The molecule has 0 aliphatic rings. The fourth-order valence-electron chi connectivity index (χ4n) is 0.703. The number of rotatable bonds is 2. The second kappa shape index (κ2) is 3.73. The Balaban J connectivity index is 2.99. The molecule has 0 aliphatic heterocycles. The maximum absolute atomic E-state index is 12.6. The van der Waals surface area contributed by atoms with E-state index < -0.39 is 30.0 Å². The smallest absolute Gasteiger partial charge is 0.450 e. The lowest BCUT2D eigenvalue weighted by molar-refractivity contribution is 0.0626. The van der Waals surface area contributed by atoms with Crippen LogP contribution in [0, 0.1) is 5.82 Å². The summed E-state index contributed by atoms with van der Waals surface area (Å²) in [5.74, 6) is -1.20. The van der Waals surface area contributed by atoms with Crippen molar-refractivity contribution in [2.75, 3.05) is 0 Å². The zero-order valence-corrected chi connectivity index (χ0v) is 6.69. The van der Waals surface area contributed by atoms with E-state index in [1.807, 2.05) is 0 Å². The summed E-state index contributed by atoms with van der Waals surface area (Å²) in [5.41, 5.74) is -2.11. The number of nitrogens with zero attached hydrogens (tertiary/aromatic N) is 1. The Morgan fingerprint density at radius 2 is 2.29 bits per heavy atom. The summed E-state index contributed by atoms with van der Waals surface area (Å²) in [4.78, 5) is 33.0. The monoisotopic (exact) mass is 204 g/mol. The van der Waals surface area contributed by atoms with Crippen molar-refractivity contribution in [2.45, 2.75) is 6.73 Å². The molecular formula is C6H5FN2O5. The molecule has 0 aromatic carbocycles. The number of halogens is 1. The molecular weight excluding hydrogens is 199 g/mol. The molecule has 8 heteroatoms. The highest BCUT2D eigenvalue weighted by molar-refractivity contribution is 5.56. The van der Waals surface area contributed by atoms with E-state index in [4.69, 9.17) is 5.11 Å². The molecule has 7 nitrogen and oxygen atoms in total. The van der Waals surface area contributed by atoms with Crippen LogP contribution in [0.3, 0.4) is 0 Å². The summed E-state index contributed by atoms with van der Waals surface area (Å²) in [6.07, 6.45) is -1.05. The SMILES string of the molecule is O=C(O)OCn1cc(F)c(=O)[nH]c1=O. The lowest BCUT2D eigenvalue weighted by atomic mass is 10.6. The van der Waals surface area contributed by atoms with E-state index in [0.29, 0.717) is 10.8 Å². The molecule has 0 radical (unpaired) electrons. The number of nitrogens with one attached hydrogen (secondary N) is 1. The van der Waals surface area contributed by atoms with Gasteiger partial charge in [0.1, 0.15) is 0 Å². The van der Waals surface area contributed by atoms with Crippen LogP contribution >= 0.6 is 0 Å². The van der Waals surface area contributed by atoms with Crippen molar-refractivity contribution in [1.29, 1.82) is 0 Å². The summed E-state index contributed by atoms with van der Waals surface area (Å²) >= 11 is 0. The molecule has 1 rings (SSSR count). The van der Waals surface area contributed by atoms with E-state index in [9.17, 15) is 18.8 Å². The van der Waals surface area contributed by atoms with Gasteiger partial charge < -0.3 is 9.84 Å². The zero-order chi connectivity index (χ0) is 10.7. The van der Waals surface area contributed by atoms with Gasteiger partial charge >= 0.3 is 11.8 Å². The van der Waals surface area contributed by atoms with Gasteiger partial charge in [0.2, 0.25) is 5.82 Å². The molecule has 1 aromatic heterocycles. The second-order valence-electron chi connectivity index (χ2n) is 2.25. The molecule has 1 aromatic rings. The van der Waals surface area contributed by atoms with Crippen molar-refractivity contribution in [2.24, 2.45) is 0 Å². The fraction of sp³-hybridized carbons (Fsp3) is 0.167. The summed E-state index contributed by atoms with van der Waals surface area (Å²) < 4.78 is 17.1. The number of H-pyrrole nitrogens is 1. The minimum absolute atomic E-state index is 0.560. The maximum Gasteiger partial charge on any atom is 0.507 e. The largest absolute Gasteiger partial charge is 0.507 e. The Labute approximate surface area is 75.4 Å². The normalized spacial score (nSPS) is 9.79. The summed E-state index contributed by atoms with van der Waals surface area (Å²) in [5, 5.41) is 8.09. The van der Waals surface area contributed by atoms with E-state index in [1.165, 1.54) is 0 Å². The van der Waals surface area contributed by atoms with Crippen LogP contribution in [0.5, 0.6) is 0 Å². The van der Waals surface area contributed by atoms with Gasteiger partial charge in [-0.15, -0.1) is 0 Å². The van der Waals surface area contributed by atoms with Gasteiger partial charge in [0.15, 0.2) is 6.73 Å². The Bertz CT molecular complexity index is 462. The molecule has 1 heterocycles. The van der Waals surface area contributed by atoms with Gasteiger partial charge in [-0.05, 0) is 0 Å². The van der Waals surface area contributed by atoms with Crippen molar-refractivity contribution in [3.8, 4) is 0 Å². The molecule has 0 amide bonds. The summed E-state index contributed by atoms with van der Waals surface area (Å²) in [7, 11) is 0. The van der Waals surface area contributed by atoms with E-state index >= 15 is 0 Å². The molecule has 0 spiro atoms.